The minimum absolute atomic E-state index is 0.00560. The highest BCUT2D eigenvalue weighted by molar-refractivity contribution is 8.00. The van der Waals surface area contributed by atoms with E-state index in [-0.39, 0.29) is 16.9 Å². The molecule has 7 nitrogen and oxygen atoms in total. The van der Waals surface area contributed by atoms with E-state index in [1.807, 2.05) is 4.90 Å². The fraction of sp³-hybridized carbons (Fsp3) is 0.286. The summed E-state index contributed by atoms with van der Waals surface area (Å²) in [6.07, 6.45) is 2.97. The van der Waals surface area contributed by atoms with Gasteiger partial charge in [0.25, 0.3) is 15.9 Å². The Morgan fingerprint density at radius 1 is 1.17 bits per heavy atom. The van der Waals surface area contributed by atoms with Crippen molar-refractivity contribution in [3.05, 3.63) is 70.5 Å². The van der Waals surface area contributed by atoms with E-state index in [9.17, 15) is 13.2 Å². The number of hydrogen-bond acceptors (Lipinski definition) is 5. The van der Waals surface area contributed by atoms with E-state index in [0.29, 0.717) is 53.6 Å². The molecule has 2 aliphatic rings. The SMILES string of the molecule is CC1=C(c2cccc(Cl)c2)S(=O)(=O)N=C1N1CCC(NC(=O)c2ccccn2)CC1. The third kappa shape index (κ3) is 4.11. The zero-order valence-corrected chi connectivity index (χ0v) is 17.9. The monoisotopic (exact) mass is 444 g/mol. The molecular formula is C21H21ClN4O3S. The standard InChI is InChI=1S/C21H21ClN4O3S/c1-14-19(15-5-4-6-16(22)13-15)30(28,29)25-20(14)26-11-8-17(9-12-26)24-21(27)18-7-2-3-10-23-18/h2-7,10,13,17H,8-9,11-12H2,1H3,(H,24,27). The number of carbonyl (C=O) groups is 1. The molecule has 9 heteroatoms. The molecule has 4 rings (SSSR count). The van der Waals surface area contributed by atoms with Gasteiger partial charge in [-0.05, 0) is 49.6 Å². The van der Waals surface area contributed by atoms with Gasteiger partial charge in [-0.3, -0.25) is 9.78 Å². The average molecular weight is 445 g/mol. The molecule has 0 bridgehead atoms. The van der Waals surface area contributed by atoms with E-state index < -0.39 is 10.0 Å². The van der Waals surface area contributed by atoms with Gasteiger partial charge in [-0.25, -0.2) is 0 Å². The molecule has 0 spiro atoms. The molecule has 1 saturated heterocycles. The summed E-state index contributed by atoms with van der Waals surface area (Å²) in [4.78, 5) is 18.5. The number of amides is 1. The van der Waals surface area contributed by atoms with Gasteiger partial charge in [0.05, 0.1) is 0 Å². The van der Waals surface area contributed by atoms with Crippen molar-refractivity contribution in [1.29, 1.82) is 0 Å². The second-order valence-corrected chi connectivity index (χ2v) is 9.28. The Balaban J connectivity index is 1.46. The first-order valence-corrected chi connectivity index (χ1v) is 11.5. The van der Waals surface area contributed by atoms with E-state index in [0.717, 1.165) is 0 Å². The molecular weight excluding hydrogens is 424 g/mol. The number of likely N-dealkylation sites (tertiary alicyclic amines) is 1. The van der Waals surface area contributed by atoms with E-state index in [4.69, 9.17) is 11.6 Å². The third-order valence-electron chi connectivity index (χ3n) is 5.25. The lowest BCUT2D eigenvalue weighted by molar-refractivity contribution is 0.0917. The van der Waals surface area contributed by atoms with E-state index >= 15 is 0 Å². The highest BCUT2D eigenvalue weighted by Crippen LogP contribution is 2.35. The summed E-state index contributed by atoms with van der Waals surface area (Å²) in [6.45, 7) is 2.97. The molecule has 1 aromatic carbocycles. The fourth-order valence-corrected chi connectivity index (χ4v) is 5.47. The maximum atomic E-state index is 12.7. The third-order valence-corrected chi connectivity index (χ3v) is 6.96. The minimum Gasteiger partial charge on any atom is -0.356 e. The Morgan fingerprint density at radius 3 is 2.60 bits per heavy atom. The molecule has 1 N–H and O–H groups in total. The molecule has 0 radical (unpaired) electrons. The van der Waals surface area contributed by atoms with E-state index in [2.05, 4.69) is 14.7 Å². The predicted molar refractivity (Wildman–Crippen MR) is 117 cm³/mol. The van der Waals surface area contributed by atoms with Gasteiger partial charge in [-0.15, -0.1) is 4.40 Å². The number of rotatable bonds is 3. The van der Waals surface area contributed by atoms with Crippen LogP contribution >= 0.6 is 11.6 Å². The topological polar surface area (TPSA) is 91.7 Å². The number of carbonyl (C=O) groups excluding carboxylic acids is 1. The molecule has 2 aliphatic heterocycles. The first kappa shape index (κ1) is 20.6. The Bertz CT molecular complexity index is 1140. The van der Waals surface area contributed by atoms with Crippen molar-refractivity contribution in [3.63, 3.8) is 0 Å². The highest BCUT2D eigenvalue weighted by Gasteiger charge is 2.35. The van der Waals surface area contributed by atoms with Gasteiger partial charge in [0.1, 0.15) is 16.4 Å². The summed E-state index contributed by atoms with van der Waals surface area (Å²) in [7, 11) is -3.78. The summed E-state index contributed by atoms with van der Waals surface area (Å²) < 4.78 is 29.5. The number of halogens is 1. The number of pyridine rings is 1. The maximum Gasteiger partial charge on any atom is 0.285 e. The number of piperidine rings is 1. The first-order valence-electron chi connectivity index (χ1n) is 9.64. The van der Waals surface area contributed by atoms with Gasteiger partial charge < -0.3 is 10.2 Å². The van der Waals surface area contributed by atoms with Crippen LogP contribution in [0.25, 0.3) is 4.91 Å². The highest BCUT2D eigenvalue weighted by atomic mass is 35.5. The van der Waals surface area contributed by atoms with Crippen LogP contribution in [0.5, 0.6) is 0 Å². The normalized spacial score (nSPS) is 19.0. The van der Waals surface area contributed by atoms with Crippen LogP contribution in [0.4, 0.5) is 0 Å². The van der Waals surface area contributed by atoms with Gasteiger partial charge >= 0.3 is 0 Å². The summed E-state index contributed by atoms with van der Waals surface area (Å²) in [5.41, 5.74) is 1.54. The van der Waals surface area contributed by atoms with Crippen LogP contribution in [0.2, 0.25) is 5.02 Å². The number of sulfonamides is 1. The second-order valence-electron chi connectivity index (χ2n) is 7.30. The van der Waals surface area contributed by atoms with Crippen LogP contribution in [-0.4, -0.2) is 49.2 Å². The van der Waals surface area contributed by atoms with Gasteiger partial charge in [-0.2, -0.15) is 8.42 Å². The Kier molecular flexibility index (Phi) is 5.62. The van der Waals surface area contributed by atoms with Crippen molar-refractivity contribution in [2.24, 2.45) is 4.40 Å². The lowest BCUT2D eigenvalue weighted by Crippen LogP contribution is -2.46. The second kappa shape index (κ2) is 8.20. The summed E-state index contributed by atoms with van der Waals surface area (Å²) in [5.74, 6) is 0.272. The van der Waals surface area contributed by atoms with Crippen LogP contribution in [-0.2, 0) is 10.0 Å². The van der Waals surface area contributed by atoms with Crippen molar-refractivity contribution in [2.45, 2.75) is 25.8 Å². The maximum absolute atomic E-state index is 12.7. The fourth-order valence-electron chi connectivity index (χ4n) is 3.81. The molecule has 30 heavy (non-hydrogen) atoms. The number of amidine groups is 1. The molecule has 3 heterocycles. The van der Waals surface area contributed by atoms with Crippen molar-refractivity contribution in [2.75, 3.05) is 13.1 Å². The molecule has 0 saturated carbocycles. The minimum atomic E-state index is -3.78. The largest absolute Gasteiger partial charge is 0.356 e. The first-order chi connectivity index (χ1) is 14.3. The summed E-state index contributed by atoms with van der Waals surface area (Å²) >= 11 is 6.05. The van der Waals surface area contributed by atoms with Gasteiger partial charge in [-0.1, -0.05) is 29.8 Å². The zero-order valence-electron chi connectivity index (χ0n) is 16.4. The number of nitrogens with one attached hydrogen (secondary N) is 1. The average Bonchev–Trinajstić information content (AvgIpc) is 2.98. The molecule has 1 amide bonds. The van der Waals surface area contributed by atoms with E-state index in [1.165, 1.54) is 0 Å². The van der Waals surface area contributed by atoms with Gasteiger partial charge in [0, 0.05) is 35.9 Å². The van der Waals surface area contributed by atoms with Crippen molar-refractivity contribution in [3.8, 4) is 0 Å². The van der Waals surface area contributed by atoms with Crippen LogP contribution < -0.4 is 5.32 Å². The van der Waals surface area contributed by atoms with Gasteiger partial charge in [0.2, 0.25) is 0 Å². The molecule has 0 atom stereocenters. The smallest absolute Gasteiger partial charge is 0.285 e. The molecule has 2 aromatic rings. The number of benzene rings is 1. The lowest BCUT2D eigenvalue weighted by atomic mass is 10.0. The molecule has 1 aromatic heterocycles. The Labute approximate surface area is 180 Å². The number of aromatic nitrogens is 1. The van der Waals surface area contributed by atoms with Crippen LogP contribution in [0.15, 0.2) is 58.6 Å². The number of nitrogens with zero attached hydrogens (tertiary/aromatic N) is 3. The predicted octanol–water partition coefficient (Wildman–Crippen LogP) is 3.10. The zero-order chi connectivity index (χ0) is 21.3. The number of hydrogen-bond donors (Lipinski definition) is 1. The van der Waals surface area contributed by atoms with Crippen molar-refractivity contribution in [1.82, 2.24) is 15.2 Å². The van der Waals surface area contributed by atoms with E-state index in [1.54, 1.807) is 55.6 Å². The van der Waals surface area contributed by atoms with Crippen molar-refractivity contribution >= 4 is 38.3 Å². The summed E-state index contributed by atoms with van der Waals surface area (Å²) in [6, 6.07) is 12.0. The van der Waals surface area contributed by atoms with Crippen LogP contribution in [0.3, 0.4) is 0 Å². The van der Waals surface area contributed by atoms with Crippen molar-refractivity contribution < 1.29 is 13.2 Å². The molecule has 0 unspecified atom stereocenters. The molecule has 0 aliphatic carbocycles. The Morgan fingerprint density at radius 2 is 1.93 bits per heavy atom. The van der Waals surface area contributed by atoms with Crippen LogP contribution in [0, 0.1) is 0 Å². The van der Waals surface area contributed by atoms with Gasteiger partial charge in [0.15, 0.2) is 0 Å². The lowest BCUT2D eigenvalue weighted by Gasteiger charge is -2.33. The Hall–Kier alpha value is -2.71. The molecule has 156 valence electrons. The molecule has 1 fully saturated rings. The van der Waals surface area contributed by atoms with Crippen LogP contribution in [0.1, 0.15) is 35.8 Å². The quantitative estimate of drug-likeness (QED) is 0.785. The summed E-state index contributed by atoms with van der Waals surface area (Å²) in [5, 5.41) is 3.47.